The molecule has 4 rings (SSSR count). The number of hydrogen-bond donors (Lipinski definition) is 0. The van der Waals surface area contributed by atoms with Crippen LogP contribution in [0.3, 0.4) is 0 Å². The van der Waals surface area contributed by atoms with E-state index in [1.165, 1.54) is 6.42 Å². The minimum atomic E-state index is 0.852. The second kappa shape index (κ2) is 2.32. The standard InChI is InChI=1S/C13H22/c1-4-10-6-13-7-11(9(13)3)5-12(13)8(10)2/h8-12H,4-7H2,1-3H3. The highest BCUT2D eigenvalue weighted by molar-refractivity contribution is 5.16. The van der Waals surface area contributed by atoms with Crippen molar-refractivity contribution in [3.63, 3.8) is 0 Å². The average molecular weight is 178 g/mol. The van der Waals surface area contributed by atoms with Crippen LogP contribution in [-0.4, -0.2) is 0 Å². The Bertz CT molecular complexity index is 232. The second-order valence-corrected chi connectivity index (χ2v) is 6.06. The topological polar surface area (TPSA) is 0 Å². The summed E-state index contributed by atoms with van der Waals surface area (Å²) in [5.41, 5.74) is 0.852. The third-order valence-electron chi connectivity index (χ3n) is 6.10. The molecule has 0 aliphatic heterocycles. The maximum atomic E-state index is 2.53. The van der Waals surface area contributed by atoms with Crippen LogP contribution in [0.5, 0.6) is 0 Å². The normalized spacial score (nSPS) is 63.5. The van der Waals surface area contributed by atoms with E-state index in [2.05, 4.69) is 20.8 Å². The molecule has 4 saturated carbocycles. The van der Waals surface area contributed by atoms with Crippen LogP contribution in [0, 0.1) is 35.0 Å². The fourth-order valence-corrected chi connectivity index (χ4v) is 5.17. The lowest BCUT2D eigenvalue weighted by Gasteiger charge is -2.46. The van der Waals surface area contributed by atoms with Crippen LogP contribution in [0.25, 0.3) is 0 Å². The summed E-state index contributed by atoms with van der Waals surface area (Å²) in [6.45, 7) is 7.44. The van der Waals surface area contributed by atoms with Crippen molar-refractivity contribution in [2.24, 2.45) is 35.0 Å². The summed E-state index contributed by atoms with van der Waals surface area (Å²) in [5.74, 6) is 5.44. The highest BCUT2D eigenvalue weighted by Crippen LogP contribution is 2.74. The van der Waals surface area contributed by atoms with E-state index in [1.54, 1.807) is 19.3 Å². The maximum absolute atomic E-state index is 2.53. The van der Waals surface area contributed by atoms with Crippen LogP contribution in [-0.2, 0) is 0 Å². The third-order valence-corrected chi connectivity index (χ3v) is 6.10. The smallest absolute Gasteiger partial charge is 0.0233 e. The van der Waals surface area contributed by atoms with Crippen LogP contribution < -0.4 is 0 Å². The van der Waals surface area contributed by atoms with Gasteiger partial charge in [0.2, 0.25) is 0 Å². The Labute approximate surface area is 82.1 Å². The number of hydrogen-bond acceptors (Lipinski definition) is 0. The van der Waals surface area contributed by atoms with Gasteiger partial charge in [0.05, 0.1) is 0 Å². The van der Waals surface area contributed by atoms with Gasteiger partial charge in [0, 0.05) is 0 Å². The van der Waals surface area contributed by atoms with Gasteiger partial charge in [-0.05, 0) is 54.3 Å². The Balaban J connectivity index is 1.90. The highest BCUT2D eigenvalue weighted by Gasteiger charge is 2.67. The monoisotopic (exact) mass is 178 g/mol. The molecule has 1 spiro atoms. The van der Waals surface area contributed by atoms with E-state index in [0.29, 0.717) is 0 Å². The molecule has 0 saturated heterocycles. The Morgan fingerprint density at radius 3 is 2.54 bits per heavy atom. The summed E-state index contributed by atoms with van der Waals surface area (Å²) in [6.07, 6.45) is 6.18. The Morgan fingerprint density at radius 2 is 2.00 bits per heavy atom. The van der Waals surface area contributed by atoms with Crippen molar-refractivity contribution >= 4 is 0 Å². The molecule has 2 bridgehead atoms. The van der Waals surface area contributed by atoms with Crippen LogP contribution in [0.4, 0.5) is 0 Å². The van der Waals surface area contributed by atoms with E-state index in [1.807, 2.05) is 0 Å². The van der Waals surface area contributed by atoms with Gasteiger partial charge in [-0.3, -0.25) is 0 Å². The van der Waals surface area contributed by atoms with E-state index in [-0.39, 0.29) is 0 Å². The first kappa shape index (κ1) is 8.32. The lowest BCUT2D eigenvalue weighted by molar-refractivity contribution is 0.0275. The van der Waals surface area contributed by atoms with E-state index in [0.717, 1.165) is 35.0 Å². The zero-order valence-corrected chi connectivity index (χ0v) is 9.22. The predicted molar refractivity (Wildman–Crippen MR) is 55.4 cm³/mol. The van der Waals surface area contributed by atoms with Crippen LogP contribution >= 0.6 is 0 Å². The van der Waals surface area contributed by atoms with E-state index >= 15 is 0 Å². The minimum absolute atomic E-state index is 0.852. The summed E-state index contributed by atoms with van der Waals surface area (Å²) in [6, 6.07) is 0. The molecule has 6 atom stereocenters. The SMILES string of the molecule is CCC1CC23CC(CC2C1C)C3C. The molecule has 74 valence electrons. The molecular formula is C13H22. The molecule has 0 aromatic rings. The molecular weight excluding hydrogens is 156 g/mol. The molecule has 13 heavy (non-hydrogen) atoms. The lowest BCUT2D eigenvalue weighted by atomic mass is 9.59. The second-order valence-electron chi connectivity index (χ2n) is 6.06. The van der Waals surface area contributed by atoms with Crippen molar-refractivity contribution in [1.29, 1.82) is 0 Å². The van der Waals surface area contributed by atoms with Crippen molar-refractivity contribution in [1.82, 2.24) is 0 Å². The van der Waals surface area contributed by atoms with E-state index in [4.69, 9.17) is 0 Å². The summed E-state index contributed by atoms with van der Waals surface area (Å²) >= 11 is 0. The largest absolute Gasteiger partial charge is 0.0651 e. The fourth-order valence-electron chi connectivity index (χ4n) is 5.17. The molecule has 6 unspecified atom stereocenters. The first-order chi connectivity index (χ1) is 6.19. The van der Waals surface area contributed by atoms with Gasteiger partial charge in [0.15, 0.2) is 0 Å². The molecule has 4 fully saturated rings. The molecule has 0 nitrogen and oxygen atoms in total. The lowest BCUT2D eigenvalue weighted by Crippen LogP contribution is -2.39. The molecule has 0 aromatic heterocycles. The first-order valence-electron chi connectivity index (χ1n) is 6.19. The molecule has 0 aromatic carbocycles. The molecule has 0 heterocycles. The molecule has 0 heteroatoms. The van der Waals surface area contributed by atoms with Gasteiger partial charge in [-0.1, -0.05) is 27.2 Å². The van der Waals surface area contributed by atoms with E-state index in [9.17, 15) is 0 Å². The molecule has 4 aliphatic rings. The summed E-state index contributed by atoms with van der Waals surface area (Å²) in [4.78, 5) is 0. The van der Waals surface area contributed by atoms with Gasteiger partial charge in [-0.15, -0.1) is 0 Å². The first-order valence-corrected chi connectivity index (χ1v) is 6.19. The zero-order chi connectivity index (χ0) is 9.22. The van der Waals surface area contributed by atoms with Gasteiger partial charge in [0.25, 0.3) is 0 Å². The van der Waals surface area contributed by atoms with Crippen molar-refractivity contribution < 1.29 is 0 Å². The molecule has 0 radical (unpaired) electrons. The maximum Gasteiger partial charge on any atom is -0.0233 e. The van der Waals surface area contributed by atoms with Gasteiger partial charge in [-0.25, -0.2) is 0 Å². The fraction of sp³-hybridized carbons (Fsp3) is 1.00. The Morgan fingerprint density at radius 1 is 1.23 bits per heavy atom. The van der Waals surface area contributed by atoms with Gasteiger partial charge < -0.3 is 0 Å². The zero-order valence-electron chi connectivity index (χ0n) is 9.22. The quantitative estimate of drug-likeness (QED) is 0.574. The Hall–Kier alpha value is 0. The van der Waals surface area contributed by atoms with Gasteiger partial charge in [-0.2, -0.15) is 0 Å². The van der Waals surface area contributed by atoms with Crippen LogP contribution in [0.1, 0.15) is 46.5 Å². The summed E-state index contributed by atoms with van der Waals surface area (Å²) < 4.78 is 0. The van der Waals surface area contributed by atoms with E-state index < -0.39 is 0 Å². The van der Waals surface area contributed by atoms with Crippen LogP contribution in [0.15, 0.2) is 0 Å². The van der Waals surface area contributed by atoms with Crippen molar-refractivity contribution in [2.45, 2.75) is 46.5 Å². The average Bonchev–Trinajstić information content (AvgIpc) is 2.71. The minimum Gasteiger partial charge on any atom is -0.0651 e. The third kappa shape index (κ3) is 0.750. The van der Waals surface area contributed by atoms with Crippen molar-refractivity contribution in [3.05, 3.63) is 0 Å². The van der Waals surface area contributed by atoms with Crippen molar-refractivity contribution in [2.75, 3.05) is 0 Å². The van der Waals surface area contributed by atoms with Gasteiger partial charge >= 0.3 is 0 Å². The molecule has 0 N–H and O–H groups in total. The molecule has 4 aliphatic carbocycles. The molecule has 0 amide bonds. The van der Waals surface area contributed by atoms with Gasteiger partial charge in [0.1, 0.15) is 0 Å². The van der Waals surface area contributed by atoms with Crippen LogP contribution in [0.2, 0.25) is 0 Å². The summed E-state index contributed by atoms with van der Waals surface area (Å²) in [5, 5.41) is 0. The predicted octanol–water partition coefficient (Wildman–Crippen LogP) is 3.71. The van der Waals surface area contributed by atoms with Crippen molar-refractivity contribution in [3.8, 4) is 0 Å². The summed E-state index contributed by atoms with van der Waals surface area (Å²) in [7, 11) is 0. The highest BCUT2D eigenvalue weighted by atomic mass is 14.7. The Kier molecular flexibility index (Phi) is 1.49. The number of rotatable bonds is 1.